The van der Waals surface area contributed by atoms with Crippen molar-refractivity contribution in [2.45, 2.75) is 51.6 Å². The Hall–Kier alpha value is -1.79. The molecule has 3 rings (SSSR count). The van der Waals surface area contributed by atoms with Crippen LogP contribution in [0.3, 0.4) is 0 Å². The Balaban J connectivity index is 1.61. The molecule has 1 heterocycles. The number of hydrogen-bond donors (Lipinski definition) is 1. The van der Waals surface area contributed by atoms with E-state index in [4.69, 9.17) is 0 Å². The van der Waals surface area contributed by atoms with Gasteiger partial charge in [-0.2, -0.15) is 0 Å². The van der Waals surface area contributed by atoms with Gasteiger partial charge in [-0.25, -0.2) is 9.37 Å². The van der Waals surface area contributed by atoms with Crippen molar-refractivity contribution in [3.05, 3.63) is 35.5 Å². The Labute approximate surface area is 152 Å². The highest BCUT2D eigenvalue weighted by Gasteiger charge is 2.26. The quantitative estimate of drug-likeness (QED) is 0.821. The van der Waals surface area contributed by atoms with E-state index in [9.17, 15) is 9.18 Å². The molecule has 1 aliphatic rings. The van der Waals surface area contributed by atoms with E-state index in [1.165, 1.54) is 49.2 Å². The average molecular weight is 361 g/mol. The summed E-state index contributed by atoms with van der Waals surface area (Å²) in [6.45, 7) is 4.68. The van der Waals surface area contributed by atoms with Crippen molar-refractivity contribution in [2.24, 2.45) is 0 Å². The summed E-state index contributed by atoms with van der Waals surface area (Å²) in [6, 6.07) is 7.06. The number of anilines is 1. The molecule has 4 nitrogen and oxygen atoms in total. The maximum Gasteiger partial charge on any atom is 0.240 e. The zero-order chi connectivity index (χ0) is 17.8. The number of nitrogens with zero attached hydrogens (tertiary/aromatic N) is 2. The van der Waals surface area contributed by atoms with Crippen LogP contribution in [0.25, 0.3) is 11.3 Å². The zero-order valence-electron chi connectivity index (χ0n) is 14.7. The molecule has 1 amide bonds. The summed E-state index contributed by atoms with van der Waals surface area (Å²) in [6.07, 6.45) is 4.86. The van der Waals surface area contributed by atoms with E-state index in [-0.39, 0.29) is 11.7 Å². The van der Waals surface area contributed by atoms with Crippen molar-refractivity contribution < 1.29 is 9.18 Å². The fourth-order valence-electron chi connectivity index (χ4n) is 3.38. The summed E-state index contributed by atoms with van der Waals surface area (Å²) < 4.78 is 13.0. The van der Waals surface area contributed by atoms with Gasteiger partial charge in [0.15, 0.2) is 5.13 Å². The SMILES string of the molecule is CC(C)N(CC(=O)Nc1nc(-c2ccc(F)cc2)cs1)C1CCCC1. The first-order valence-corrected chi connectivity index (χ1v) is 9.68. The lowest BCUT2D eigenvalue weighted by molar-refractivity contribution is -0.118. The number of amides is 1. The first kappa shape index (κ1) is 18.0. The number of nitrogens with one attached hydrogen (secondary N) is 1. The van der Waals surface area contributed by atoms with Gasteiger partial charge in [-0.3, -0.25) is 9.69 Å². The second-order valence-electron chi connectivity index (χ2n) is 6.80. The molecule has 134 valence electrons. The Kier molecular flexibility index (Phi) is 5.81. The Morgan fingerprint density at radius 1 is 1.32 bits per heavy atom. The van der Waals surface area contributed by atoms with Gasteiger partial charge in [0, 0.05) is 23.0 Å². The third kappa shape index (κ3) is 4.64. The van der Waals surface area contributed by atoms with Crippen LogP contribution in [0.5, 0.6) is 0 Å². The first-order valence-electron chi connectivity index (χ1n) is 8.80. The molecule has 1 aromatic heterocycles. The number of hydrogen-bond acceptors (Lipinski definition) is 4. The number of halogens is 1. The van der Waals surface area contributed by atoms with E-state index in [2.05, 4.69) is 29.0 Å². The molecule has 6 heteroatoms. The second kappa shape index (κ2) is 8.06. The third-order valence-corrected chi connectivity index (χ3v) is 5.43. The van der Waals surface area contributed by atoms with E-state index < -0.39 is 0 Å². The number of thiazole rings is 1. The smallest absolute Gasteiger partial charge is 0.240 e. The molecule has 1 N–H and O–H groups in total. The third-order valence-electron chi connectivity index (χ3n) is 4.67. The first-order chi connectivity index (χ1) is 12.0. The van der Waals surface area contributed by atoms with Gasteiger partial charge in [0.05, 0.1) is 12.2 Å². The van der Waals surface area contributed by atoms with Gasteiger partial charge in [0.25, 0.3) is 0 Å². The van der Waals surface area contributed by atoms with Gasteiger partial charge in [-0.05, 0) is 51.0 Å². The normalized spacial score (nSPS) is 15.2. The fraction of sp³-hybridized carbons (Fsp3) is 0.474. The van der Waals surface area contributed by atoms with E-state index in [0.29, 0.717) is 23.8 Å². The Morgan fingerprint density at radius 3 is 2.64 bits per heavy atom. The van der Waals surface area contributed by atoms with Gasteiger partial charge in [-0.15, -0.1) is 11.3 Å². The molecule has 0 bridgehead atoms. The van der Waals surface area contributed by atoms with Gasteiger partial charge in [-0.1, -0.05) is 12.8 Å². The van der Waals surface area contributed by atoms with Gasteiger partial charge < -0.3 is 5.32 Å². The van der Waals surface area contributed by atoms with Gasteiger partial charge in [0.2, 0.25) is 5.91 Å². The van der Waals surface area contributed by atoms with Crippen molar-refractivity contribution in [1.82, 2.24) is 9.88 Å². The molecule has 25 heavy (non-hydrogen) atoms. The van der Waals surface area contributed by atoms with E-state index in [1.807, 2.05) is 5.38 Å². The molecule has 0 aliphatic heterocycles. The molecule has 0 atom stereocenters. The molecule has 0 unspecified atom stereocenters. The standard InChI is InChI=1S/C19H24FN3OS/c1-13(2)23(16-5-3-4-6-16)11-18(24)22-19-21-17(12-25-19)14-7-9-15(20)10-8-14/h7-10,12-13,16H,3-6,11H2,1-2H3,(H,21,22,24). The van der Waals surface area contributed by atoms with Crippen molar-refractivity contribution >= 4 is 22.4 Å². The monoisotopic (exact) mass is 361 g/mol. The molecule has 0 radical (unpaired) electrons. The van der Waals surface area contributed by atoms with Crippen LogP contribution in [0.1, 0.15) is 39.5 Å². The fourth-order valence-corrected chi connectivity index (χ4v) is 4.11. The second-order valence-corrected chi connectivity index (χ2v) is 7.66. The van der Waals surface area contributed by atoms with Crippen molar-refractivity contribution in [3.8, 4) is 11.3 Å². The van der Waals surface area contributed by atoms with Crippen LogP contribution in [0.2, 0.25) is 0 Å². The lowest BCUT2D eigenvalue weighted by atomic mass is 10.1. The highest BCUT2D eigenvalue weighted by Crippen LogP contribution is 2.26. The maximum absolute atomic E-state index is 13.0. The zero-order valence-corrected chi connectivity index (χ0v) is 15.5. The van der Waals surface area contributed by atoms with Crippen molar-refractivity contribution in [1.29, 1.82) is 0 Å². The lowest BCUT2D eigenvalue weighted by Gasteiger charge is -2.31. The number of benzene rings is 1. The minimum absolute atomic E-state index is 0.0272. The van der Waals surface area contributed by atoms with Crippen LogP contribution in [0.4, 0.5) is 9.52 Å². The molecular weight excluding hydrogens is 337 g/mol. The number of carbonyl (C=O) groups excluding carboxylic acids is 1. The largest absolute Gasteiger partial charge is 0.301 e. The number of aromatic nitrogens is 1. The average Bonchev–Trinajstić information content (AvgIpc) is 3.25. The summed E-state index contributed by atoms with van der Waals surface area (Å²) in [4.78, 5) is 19.2. The summed E-state index contributed by atoms with van der Waals surface area (Å²) in [5.41, 5.74) is 1.59. The predicted molar refractivity (Wildman–Crippen MR) is 100 cm³/mol. The summed E-state index contributed by atoms with van der Waals surface area (Å²) in [5, 5.41) is 5.36. The molecule has 0 saturated heterocycles. The minimum Gasteiger partial charge on any atom is -0.301 e. The van der Waals surface area contributed by atoms with Crippen LogP contribution in [0, 0.1) is 5.82 Å². The van der Waals surface area contributed by atoms with Crippen LogP contribution in [0.15, 0.2) is 29.6 Å². The van der Waals surface area contributed by atoms with Gasteiger partial charge in [0.1, 0.15) is 5.82 Å². The summed E-state index contributed by atoms with van der Waals surface area (Å²) in [5.74, 6) is -0.297. The van der Waals surface area contributed by atoms with Crippen LogP contribution in [-0.4, -0.2) is 34.4 Å². The number of carbonyl (C=O) groups is 1. The summed E-state index contributed by atoms with van der Waals surface area (Å²) >= 11 is 1.39. The van der Waals surface area contributed by atoms with E-state index in [0.717, 1.165) is 11.3 Å². The van der Waals surface area contributed by atoms with Crippen LogP contribution >= 0.6 is 11.3 Å². The molecule has 1 aromatic carbocycles. The van der Waals surface area contributed by atoms with E-state index >= 15 is 0 Å². The topological polar surface area (TPSA) is 45.2 Å². The number of rotatable bonds is 6. The molecule has 1 aliphatic carbocycles. The minimum atomic E-state index is -0.270. The Morgan fingerprint density at radius 2 is 2.00 bits per heavy atom. The van der Waals surface area contributed by atoms with Crippen molar-refractivity contribution in [3.63, 3.8) is 0 Å². The molecule has 1 saturated carbocycles. The van der Waals surface area contributed by atoms with E-state index in [1.54, 1.807) is 12.1 Å². The van der Waals surface area contributed by atoms with Crippen molar-refractivity contribution in [2.75, 3.05) is 11.9 Å². The van der Waals surface area contributed by atoms with Crippen LogP contribution in [-0.2, 0) is 4.79 Å². The summed E-state index contributed by atoms with van der Waals surface area (Å²) in [7, 11) is 0. The predicted octanol–water partition coefficient (Wildman–Crippen LogP) is 4.54. The molecule has 0 spiro atoms. The molecule has 1 fully saturated rings. The lowest BCUT2D eigenvalue weighted by Crippen LogP contribution is -2.43. The van der Waals surface area contributed by atoms with Crippen LogP contribution < -0.4 is 5.32 Å². The Bertz CT molecular complexity index is 708. The molecule has 2 aromatic rings. The van der Waals surface area contributed by atoms with Gasteiger partial charge >= 0.3 is 0 Å². The highest BCUT2D eigenvalue weighted by atomic mass is 32.1. The maximum atomic E-state index is 13.0. The molecular formula is C19H24FN3OS. The highest BCUT2D eigenvalue weighted by molar-refractivity contribution is 7.14.